The first-order valence-corrected chi connectivity index (χ1v) is 6.79. The van der Waals surface area contributed by atoms with Gasteiger partial charge in [-0.05, 0) is 36.8 Å². The fourth-order valence-corrected chi connectivity index (χ4v) is 2.19. The molecule has 0 heterocycles. The summed E-state index contributed by atoms with van der Waals surface area (Å²) in [7, 11) is 0. The van der Waals surface area contributed by atoms with Gasteiger partial charge >= 0.3 is 0 Å². The maximum atomic E-state index is 12.2. The first-order chi connectivity index (χ1) is 9.47. The fraction of sp³-hybridized carbons (Fsp3) is 0.133. The largest absolute Gasteiger partial charge is 0.294 e. The van der Waals surface area contributed by atoms with Crippen LogP contribution in [-0.4, -0.2) is 10.7 Å². The minimum atomic E-state index is -0.446. The van der Waals surface area contributed by atoms with E-state index in [2.05, 4.69) is 15.9 Å². The minimum Gasteiger partial charge on any atom is -0.294 e. The molecule has 0 fully saturated rings. The van der Waals surface area contributed by atoms with Crippen molar-refractivity contribution in [2.24, 2.45) is 0 Å². The van der Waals surface area contributed by atoms with Crippen LogP contribution in [0.3, 0.4) is 0 Å². The molecule has 2 aromatic rings. The highest BCUT2D eigenvalue weighted by Crippen LogP contribution is 2.20. The SMILES string of the molecule is Cc1cc(C(=O)Cc2ccc(Br)cc2)ccc1[N+](=O)[O-]. The predicted octanol–water partition coefficient (Wildman–Crippen LogP) is 4.09. The number of nitro benzene ring substituents is 1. The number of carbonyl (C=O) groups is 1. The molecule has 0 aliphatic heterocycles. The summed E-state index contributed by atoms with van der Waals surface area (Å²) >= 11 is 3.34. The molecule has 4 nitrogen and oxygen atoms in total. The molecule has 0 amide bonds. The average Bonchev–Trinajstić information content (AvgIpc) is 2.40. The lowest BCUT2D eigenvalue weighted by Crippen LogP contribution is -2.04. The molecule has 0 atom stereocenters. The smallest absolute Gasteiger partial charge is 0.272 e. The Kier molecular flexibility index (Phi) is 4.29. The number of ketones is 1. The fourth-order valence-electron chi connectivity index (χ4n) is 1.92. The molecule has 0 spiro atoms. The van der Waals surface area contributed by atoms with Gasteiger partial charge in [0.2, 0.25) is 0 Å². The van der Waals surface area contributed by atoms with Gasteiger partial charge in [0, 0.05) is 28.1 Å². The lowest BCUT2D eigenvalue weighted by atomic mass is 10.0. The van der Waals surface area contributed by atoms with E-state index in [4.69, 9.17) is 0 Å². The zero-order valence-electron chi connectivity index (χ0n) is 10.8. The molecule has 20 heavy (non-hydrogen) atoms. The van der Waals surface area contributed by atoms with E-state index in [1.54, 1.807) is 13.0 Å². The number of carbonyl (C=O) groups excluding carboxylic acids is 1. The number of benzene rings is 2. The van der Waals surface area contributed by atoms with E-state index in [-0.39, 0.29) is 17.9 Å². The Morgan fingerprint density at radius 2 is 1.85 bits per heavy atom. The summed E-state index contributed by atoms with van der Waals surface area (Å²) in [6.45, 7) is 1.63. The summed E-state index contributed by atoms with van der Waals surface area (Å²) in [5, 5.41) is 10.7. The summed E-state index contributed by atoms with van der Waals surface area (Å²) in [5.74, 6) is -0.0506. The quantitative estimate of drug-likeness (QED) is 0.481. The van der Waals surface area contributed by atoms with Gasteiger partial charge in [0.25, 0.3) is 5.69 Å². The Bertz CT molecular complexity index is 665. The van der Waals surface area contributed by atoms with Crippen molar-refractivity contribution in [3.8, 4) is 0 Å². The Labute approximate surface area is 124 Å². The molecule has 0 radical (unpaired) electrons. The number of aryl methyl sites for hydroxylation is 1. The van der Waals surface area contributed by atoms with Crippen molar-refractivity contribution in [3.05, 3.63) is 73.7 Å². The predicted molar refractivity (Wildman–Crippen MR) is 80.0 cm³/mol. The second-order valence-corrected chi connectivity index (χ2v) is 5.40. The third-order valence-corrected chi connectivity index (χ3v) is 3.52. The van der Waals surface area contributed by atoms with Gasteiger partial charge in [-0.2, -0.15) is 0 Å². The summed E-state index contributed by atoms with van der Waals surface area (Å²) in [4.78, 5) is 22.4. The van der Waals surface area contributed by atoms with Crippen LogP contribution in [-0.2, 0) is 6.42 Å². The van der Waals surface area contributed by atoms with Crippen molar-refractivity contribution in [2.45, 2.75) is 13.3 Å². The van der Waals surface area contributed by atoms with E-state index in [1.807, 2.05) is 24.3 Å². The highest BCUT2D eigenvalue weighted by molar-refractivity contribution is 9.10. The van der Waals surface area contributed by atoms with Gasteiger partial charge in [-0.1, -0.05) is 28.1 Å². The summed E-state index contributed by atoms with van der Waals surface area (Å²) in [5.41, 5.74) is 1.94. The number of hydrogen-bond donors (Lipinski definition) is 0. The summed E-state index contributed by atoms with van der Waals surface area (Å²) in [6, 6.07) is 12.0. The van der Waals surface area contributed by atoms with Crippen LogP contribution in [0.4, 0.5) is 5.69 Å². The number of halogens is 1. The molecular weight excluding hydrogens is 322 g/mol. The van der Waals surface area contributed by atoms with E-state index in [0.717, 1.165) is 10.0 Å². The molecule has 0 saturated heterocycles. The third-order valence-electron chi connectivity index (χ3n) is 2.99. The number of rotatable bonds is 4. The molecule has 0 saturated carbocycles. The third kappa shape index (κ3) is 3.30. The van der Waals surface area contributed by atoms with Crippen LogP contribution in [0, 0.1) is 17.0 Å². The second-order valence-electron chi connectivity index (χ2n) is 4.48. The van der Waals surface area contributed by atoms with Crippen molar-refractivity contribution in [1.29, 1.82) is 0 Å². The molecule has 0 aliphatic rings. The number of nitro groups is 1. The normalized spacial score (nSPS) is 10.3. The van der Waals surface area contributed by atoms with Crippen molar-refractivity contribution in [1.82, 2.24) is 0 Å². The second kappa shape index (κ2) is 5.96. The van der Waals surface area contributed by atoms with Gasteiger partial charge in [-0.15, -0.1) is 0 Å². The summed E-state index contributed by atoms with van der Waals surface area (Å²) < 4.78 is 0.958. The van der Waals surface area contributed by atoms with Crippen molar-refractivity contribution in [3.63, 3.8) is 0 Å². The zero-order valence-corrected chi connectivity index (χ0v) is 12.4. The lowest BCUT2D eigenvalue weighted by Gasteiger charge is -2.04. The first kappa shape index (κ1) is 14.4. The van der Waals surface area contributed by atoms with Crippen molar-refractivity contribution < 1.29 is 9.72 Å². The van der Waals surface area contributed by atoms with Crippen LogP contribution in [0.5, 0.6) is 0 Å². The highest BCUT2D eigenvalue weighted by atomic mass is 79.9. The molecule has 0 aliphatic carbocycles. The van der Waals surface area contributed by atoms with Crippen LogP contribution in [0.25, 0.3) is 0 Å². The lowest BCUT2D eigenvalue weighted by molar-refractivity contribution is -0.385. The van der Waals surface area contributed by atoms with Gasteiger partial charge in [0.15, 0.2) is 5.78 Å². The molecule has 0 bridgehead atoms. The van der Waals surface area contributed by atoms with Crippen molar-refractivity contribution in [2.75, 3.05) is 0 Å². The van der Waals surface area contributed by atoms with E-state index in [1.165, 1.54) is 12.1 Å². The maximum absolute atomic E-state index is 12.2. The molecule has 2 aromatic carbocycles. The van der Waals surface area contributed by atoms with Gasteiger partial charge in [0.05, 0.1) is 4.92 Å². The van der Waals surface area contributed by atoms with Gasteiger partial charge in [0.1, 0.15) is 0 Å². The standard InChI is InChI=1S/C15H12BrNO3/c1-10-8-12(4-7-14(10)17(19)20)15(18)9-11-2-5-13(16)6-3-11/h2-8H,9H2,1H3. The van der Waals surface area contributed by atoms with Crippen molar-refractivity contribution >= 4 is 27.4 Å². The molecular formula is C15H12BrNO3. The summed E-state index contributed by atoms with van der Waals surface area (Å²) in [6.07, 6.45) is 0.282. The molecule has 5 heteroatoms. The Morgan fingerprint density at radius 1 is 1.20 bits per heavy atom. The topological polar surface area (TPSA) is 60.2 Å². The zero-order chi connectivity index (χ0) is 14.7. The molecule has 0 aromatic heterocycles. The number of hydrogen-bond acceptors (Lipinski definition) is 3. The molecule has 102 valence electrons. The first-order valence-electron chi connectivity index (χ1n) is 6.00. The molecule has 0 unspecified atom stereocenters. The minimum absolute atomic E-state index is 0.0326. The monoisotopic (exact) mass is 333 g/mol. The number of Topliss-reactive ketones (excluding diaryl/α,β-unsaturated/α-hetero) is 1. The van der Waals surface area contributed by atoms with E-state index in [0.29, 0.717) is 11.1 Å². The highest BCUT2D eigenvalue weighted by Gasteiger charge is 2.14. The van der Waals surface area contributed by atoms with E-state index >= 15 is 0 Å². The van der Waals surface area contributed by atoms with Crippen LogP contribution in [0.15, 0.2) is 46.9 Å². The van der Waals surface area contributed by atoms with E-state index < -0.39 is 4.92 Å². The molecule has 0 N–H and O–H groups in total. The average molecular weight is 334 g/mol. The van der Waals surface area contributed by atoms with Gasteiger partial charge in [-0.3, -0.25) is 14.9 Å². The Hall–Kier alpha value is -2.01. The van der Waals surface area contributed by atoms with Gasteiger partial charge < -0.3 is 0 Å². The van der Waals surface area contributed by atoms with Crippen LogP contribution >= 0.6 is 15.9 Å². The Morgan fingerprint density at radius 3 is 2.40 bits per heavy atom. The number of nitrogens with zero attached hydrogens (tertiary/aromatic N) is 1. The molecule has 2 rings (SSSR count). The maximum Gasteiger partial charge on any atom is 0.272 e. The van der Waals surface area contributed by atoms with E-state index in [9.17, 15) is 14.9 Å². The van der Waals surface area contributed by atoms with Gasteiger partial charge in [-0.25, -0.2) is 0 Å². The Balaban J connectivity index is 2.19. The van der Waals surface area contributed by atoms with Crippen LogP contribution in [0.2, 0.25) is 0 Å². The van der Waals surface area contributed by atoms with Crippen LogP contribution in [0.1, 0.15) is 21.5 Å². The van der Waals surface area contributed by atoms with Crippen LogP contribution < -0.4 is 0 Å².